The molecule has 0 saturated heterocycles. The van der Waals surface area contributed by atoms with Gasteiger partial charge < -0.3 is 0 Å². The molecule has 0 aliphatic carbocycles. The molecule has 78 valence electrons. The van der Waals surface area contributed by atoms with E-state index in [1.165, 1.54) is 0 Å². The Morgan fingerprint density at radius 2 is 2.27 bits per heavy atom. The summed E-state index contributed by atoms with van der Waals surface area (Å²) < 4.78 is 1.94. The second-order valence-electron chi connectivity index (χ2n) is 3.58. The third-order valence-corrected chi connectivity index (χ3v) is 2.34. The Labute approximate surface area is 87.9 Å². The van der Waals surface area contributed by atoms with E-state index in [0.29, 0.717) is 6.42 Å². The van der Waals surface area contributed by atoms with Gasteiger partial charge in [0.1, 0.15) is 11.6 Å². The molecule has 0 aliphatic rings. The number of carbonyl (C=O) groups is 1. The van der Waals surface area contributed by atoms with Crippen molar-refractivity contribution in [3.8, 4) is 0 Å². The minimum absolute atomic E-state index is 0.143. The first-order valence-corrected chi connectivity index (χ1v) is 5.03. The monoisotopic (exact) mass is 203 g/mol. The smallest absolute Gasteiger partial charge is 0.164 e. The zero-order valence-corrected chi connectivity index (χ0v) is 8.90. The minimum Gasteiger partial charge on any atom is -0.300 e. The lowest BCUT2D eigenvalue weighted by Crippen LogP contribution is -2.00. The van der Waals surface area contributed by atoms with Crippen LogP contribution < -0.4 is 0 Å². The quantitative estimate of drug-likeness (QED) is 0.758. The van der Waals surface area contributed by atoms with Crippen molar-refractivity contribution in [2.24, 2.45) is 0 Å². The van der Waals surface area contributed by atoms with Gasteiger partial charge in [-0.25, -0.2) is 0 Å². The summed E-state index contributed by atoms with van der Waals surface area (Å²) in [4.78, 5) is 11.1. The molecule has 0 aliphatic heterocycles. The average Bonchev–Trinajstić information content (AvgIpc) is 2.61. The Balaban J connectivity index is 2.56. The van der Waals surface area contributed by atoms with Crippen molar-refractivity contribution in [1.29, 1.82) is 0 Å². The van der Waals surface area contributed by atoms with Crippen molar-refractivity contribution >= 4 is 11.4 Å². The number of aryl methyl sites for hydroxylation is 1. The fourth-order valence-corrected chi connectivity index (χ4v) is 1.67. The lowest BCUT2D eigenvalue weighted by atomic mass is 10.1. The highest BCUT2D eigenvalue weighted by atomic mass is 16.1. The average molecular weight is 203 g/mol. The van der Waals surface area contributed by atoms with Crippen LogP contribution in [0.15, 0.2) is 18.3 Å². The van der Waals surface area contributed by atoms with E-state index in [-0.39, 0.29) is 5.78 Å². The van der Waals surface area contributed by atoms with E-state index < -0.39 is 0 Å². The number of Topliss-reactive ketones (excluding diaryl/α,β-unsaturated/α-hetero) is 1. The number of hydrogen-bond acceptors (Lipinski definition) is 3. The molecular weight excluding hydrogens is 190 g/mol. The maximum absolute atomic E-state index is 11.1. The van der Waals surface area contributed by atoms with Gasteiger partial charge in [0.2, 0.25) is 0 Å². The SMILES string of the molecule is CCc1nnc2c(CC(C)=O)cccn12. The van der Waals surface area contributed by atoms with Gasteiger partial charge in [-0.1, -0.05) is 13.0 Å². The van der Waals surface area contributed by atoms with Crippen LogP contribution in [0.2, 0.25) is 0 Å². The van der Waals surface area contributed by atoms with Gasteiger partial charge in [-0.2, -0.15) is 0 Å². The molecule has 0 amide bonds. The lowest BCUT2D eigenvalue weighted by Gasteiger charge is -2.00. The van der Waals surface area contributed by atoms with Crippen LogP contribution in [0.1, 0.15) is 25.2 Å². The summed E-state index contributed by atoms with van der Waals surface area (Å²) in [6.45, 7) is 3.62. The first-order chi connectivity index (χ1) is 7.22. The summed E-state index contributed by atoms with van der Waals surface area (Å²) in [6, 6.07) is 3.85. The van der Waals surface area contributed by atoms with E-state index in [9.17, 15) is 4.79 Å². The van der Waals surface area contributed by atoms with Gasteiger partial charge in [0.05, 0.1) is 0 Å². The number of nitrogens with zero attached hydrogens (tertiary/aromatic N) is 3. The van der Waals surface area contributed by atoms with Crippen LogP contribution in [0.4, 0.5) is 0 Å². The number of pyridine rings is 1. The lowest BCUT2D eigenvalue weighted by molar-refractivity contribution is -0.116. The predicted molar refractivity (Wildman–Crippen MR) is 56.8 cm³/mol. The van der Waals surface area contributed by atoms with Gasteiger partial charge in [0, 0.05) is 24.6 Å². The molecule has 2 rings (SSSR count). The molecule has 2 aromatic rings. The Morgan fingerprint density at radius 1 is 1.47 bits per heavy atom. The number of rotatable bonds is 3. The van der Waals surface area contributed by atoms with Gasteiger partial charge in [-0.3, -0.25) is 9.20 Å². The van der Waals surface area contributed by atoms with Gasteiger partial charge in [-0.15, -0.1) is 10.2 Å². The second kappa shape index (κ2) is 3.81. The molecule has 0 fully saturated rings. The van der Waals surface area contributed by atoms with Crippen LogP contribution in [0.25, 0.3) is 5.65 Å². The van der Waals surface area contributed by atoms with Crippen LogP contribution in [-0.2, 0) is 17.6 Å². The Bertz CT molecular complexity index is 502. The largest absolute Gasteiger partial charge is 0.300 e. The van der Waals surface area contributed by atoms with Crippen molar-refractivity contribution in [3.63, 3.8) is 0 Å². The predicted octanol–water partition coefficient (Wildman–Crippen LogP) is 1.42. The number of aromatic nitrogens is 3. The summed E-state index contributed by atoms with van der Waals surface area (Å²) in [5.74, 6) is 1.07. The van der Waals surface area contributed by atoms with E-state index in [4.69, 9.17) is 0 Å². The first-order valence-electron chi connectivity index (χ1n) is 5.03. The number of carbonyl (C=O) groups excluding carboxylic acids is 1. The minimum atomic E-state index is 0.143. The maximum Gasteiger partial charge on any atom is 0.164 e. The zero-order chi connectivity index (χ0) is 10.8. The van der Waals surface area contributed by atoms with Crippen molar-refractivity contribution in [3.05, 3.63) is 29.7 Å². The normalized spacial score (nSPS) is 10.8. The number of hydrogen-bond donors (Lipinski definition) is 0. The number of ketones is 1. The number of fused-ring (bicyclic) bond motifs is 1. The highest BCUT2D eigenvalue weighted by Gasteiger charge is 2.08. The molecular formula is C11H13N3O. The van der Waals surface area contributed by atoms with Gasteiger partial charge in [0.15, 0.2) is 5.65 Å². The van der Waals surface area contributed by atoms with Gasteiger partial charge in [0.25, 0.3) is 0 Å². The standard InChI is InChI=1S/C11H13N3O/c1-3-10-12-13-11-9(7-8(2)15)5-4-6-14(10)11/h4-6H,3,7H2,1-2H3. The molecule has 4 heteroatoms. The fraction of sp³-hybridized carbons (Fsp3) is 0.364. The summed E-state index contributed by atoms with van der Waals surface area (Å²) in [7, 11) is 0. The van der Waals surface area contributed by atoms with Gasteiger partial charge in [-0.05, 0) is 13.0 Å². The van der Waals surface area contributed by atoms with Crippen LogP contribution >= 0.6 is 0 Å². The highest BCUT2D eigenvalue weighted by molar-refractivity contribution is 5.80. The summed E-state index contributed by atoms with van der Waals surface area (Å²) in [5, 5.41) is 8.19. The van der Waals surface area contributed by atoms with E-state index in [1.807, 2.05) is 29.7 Å². The zero-order valence-electron chi connectivity index (χ0n) is 8.90. The van der Waals surface area contributed by atoms with Crippen LogP contribution in [-0.4, -0.2) is 20.4 Å². The molecule has 0 bridgehead atoms. The van der Waals surface area contributed by atoms with Crippen LogP contribution in [0, 0.1) is 0 Å². The van der Waals surface area contributed by atoms with Crippen molar-refractivity contribution in [2.45, 2.75) is 26.7 Å². The van der Waals surface area contributed by atoms with Crippen LogP contribution in [0.3, 0.4) is 0 Å². The molecule has 2 aromatic heterocycles. The molecule has 0 atom stereocenters. The summed E-state index contributed by atoms with van der Waals surface area (Å²) in [6.07, 6.45) is 3.19. The first kappa shape index (κ1) is 9.83. The molecule has 2 heterocycles. The topological polar surface area (TPSA) is 47.3 Å². The Hall–Kier alpha value is -1.71. The van der Waals surface area contributed by atoms with E-state index in [0.717, 1.165) is 23.5 Å². The molecule has 0 spiro atoms. The van der Waals surface area contributed by atoms with Crippen molar-refractivity contribution < 1.29 is 4.79 Å². The van der Waals surface area contributed by atoms with E-state index >= 15 is 0 Å². The third kappa shape index (κ3) is 1.75. The second-order valence-corrected chi connectivity index (χ2v) is 3.58. The van der Waals surface area contributed by atoms with E-state index in [2.05, 4.69) is 10.2 Å². The molecule has 0 aromatic carbocycles. The molecule has 15 heavy (non-hydrogen) atoms. The summed E-state index contributed by atoms with van der Waals surface area (Å²) >= 11 is 0. The molecule has 0 radical (unpaired) electrons. The van der Waals surface area contributed by atoms with Crippen molar-refractivity contribution in [2.75, 3.05) is 0 Å². The fourth-order valence-electron chi connectivity index (χ4n) is 1.67. The Kier molecular flexibility index (Phi) is 2.49. The molecule has 4 nitrogen and oxygen atoms in total. The Morgan fingerprint density at radius 3 is 2.93 bits per heavy atom. The maximum atomic E-state index is 11.1. The third-order valence-electron chi connectivity index (χ3n) is 2.34. The van der Waals surface area contributed by atoms with E-state index in [1.54, 1.807) is 6.92 Å². The molecule has 0 N–H and O–H groups in total. The van der Waals surface area contributed by atoms with Crippen LogP contribution in [0.5, 0.6) is 0 Å². The summed E-state index contributed by atoms with van der Waals surface area (Å²) in [5.41, 5.74) is 1.74. The van der Waals surface area contributed by atoms with Crippen molar-refractivity contribution in [1.82, 2.24) is 14.6 Å². The molecule has 0 unspecified atom stereocenters. The van der Waals surface area contributed by atoms with Gasteiger partial charge >= 0.3 is 0 Å². The molecule has 0 saturated carbocycles. The highest BCUT2D eigenvalue weighted by Crippen LogP contribution is 2.11.